The summed E-state index contributed by atoms with van der Waals surface area (Å²) in [6, 6.07) is 0. The zero-order valence-corrected chi connectivity index (χ0v) is 12.5. The molecule has 0 heterocycles. The Morgan fingerprint density at radius 1 is 0.917 bits per heavy atom. The van der Waals surface area contributed by atoms with Gasteiger partial charge in [0.2, 0.25) is 13.2 Å². The minimum absolute atomic E-state index is 0.676. The van der Waals surface area contributed by atoms with Crippen LogP contribution in [-0.2, 0) is 14.2 Å². The van der Waals surface area contributed by atoms with E-state index in [9.17, 15) is 41.0 Å². The summed E-state index contributed by atoms with van der Waals surface area (Å²) in [5.74, 6) is -17.5. The molecule has 12 heteroatoms. The van der Waals surface area contributed by atoms with Crippen molar-refractivity contribution in [2.75, 3.05) is 6.16 Å². The van der Waals surface area contributed by atoms with Crippen LogP contribution in [0.4, 0.5) is 22.0 Å². The van der Waals surface area contributed by atoms with Gasteiger partial charge in [0.25, 0.3) is 0 Å². The van der Waals surface area contributed by atoms with Crippen molar-refractivity contribution in [1.29, 1.82) is 0 Å². The number of aliphatic carboxylic acids is 2. The van der Waals surface area contributed by atoms with Crippen molar-refractivity contribution in [3.05, 3.63) is 29.1 Å². The molecule has 0 aromatic heterocycles. The Kier molecular flexibility index (Phi) is 6.07. The minimum Gasteiger partial charge on any atom is -0.481 e. The molecule has 0 aliphatic rings. The maximum absolute atomic E-state index is 13.6. The van der Waals surface area contributed by atoms with Crippen molar-refractivity contribution >= 4 is 24.6 Å². The number of carboxylic acid groups (broad SMARTS) is 2. The molecule has 0 aliphatic heterocycles. The topological polar surface area (TPSA) is 112 Å². The lowest BCUT2D eigenvalue weighted by Gasteiger charge is -2.18. The Balaban J connectivity index is 3.32. The fourth-order valence-electron chi connectivity index (χ4n) is 1.88. The first-order chi connectivity index (χ1) is 10.9. The summed E-state index contributed by atoms with van der Waals surface area (Å²) in [5.41, 5.74) is 0. The van der Waals surface area contributed by atoms with Crippen LogP contribution >= 0.6 is 7.37 Å². The first-order valence-electron chi connectivity index (χ1n) is 6.18. The summed E-state index contributed by atoms with van der Waals surface area (Å²) in [4.78, 5) is 31.1. The van der Waals surface area contributed by atoms with Gasteiger partial charge in [0.1, 0.15) is 5.30 Å². The van der Waals surface area contributed by atoms with Crippen LogP contribution in [-0.4, -0.2) is 33.2 Å². The molecule has 3 N–H and O–H groups in total. The number of benzene rings is 1. The van der Waals surface area contributed by atoms with Gasteiger partial charge in [-0.15, -0.1) is 0 Å². The summed E-state index contributed by atoms with van der Waals surface area (Å²) in [6.45, 7) is 0. The van der Waals surface area contributed by atoms with E-state index >= 15 is 0 Å². The third-order valence-corrected chi connectivity index (χ3v) is 5.09. The van der Waals surface area contributed by atoms with E-state index in [1.165, 1.54) is 0 Å². The third kappa shape index (κ3) is 4.09. The molecule has 0 saturated carbocycles. The Hall–Kier alpha value is -2.00. The molecule has 2 atom stereocenters. The number of carboxylic acids is 2. The molecule has 2 unspecified atom stereocenters. The summed E-state index contributed by atoms with van der Waals surface area (Å²) in [7, 11) is -5.33. The van der Waals surface area contributed by atoms with Crippen molar-refractivity contribution in [3.8, 4) is 0 Å². The summed E-state index contributed by atoms with van der Waals surface area (Å²) < 4.78 is 78.3. The maximum atomic E-state index is 13.6. The lowest BCUT2D eigenvalue weighted by Crippen LogP contribution is -2.27. The van der Waals surface area contributed by atoms with E-state index in [0.29, 0.717) is 0 Å². The van der Waals surface area contributed by atoms with E-state index in [2.05, 4.69) is 0 Å². The molecule has 1 aromatic rings. The van der Waals surface area contributed by atoms with Crippen molar-refractivity contribution < 1.29 is 51.2 Å². The van der Waals surface area contributed by atoms with Crippen LogP contribution < -0.4 is 5.30 Å². The predicted octanol–water partition coefficient (Wildman–Crippen LogP) is 1.84. The molecule has 0 saturated heterocycles. The molecule has 0 fully saturated rings. The number of hydrogen-bond donors (Lipinski definition) is 3. The second-order valence-corrected chi connectivity index (χ2v) is 6.99. The Morgan fingerprint density at radius 3 is 1.71 bits per heavy atom. The maximum Gasteiger partial charge on any atom is 0.307 e. The molecule has 0 amide bonds. The SMILES string of the molecule is O=C(O)CCC(CP(=O)(O)c1c(F)c(F)c(F)c(F)c1F)C(=O)O. The van der Waals surface area contributed by atoms with Crippen LogP contribution in [0.5, 0.6) is 0 Å². The third-order valence-electron chi connectivity index (χ3n) is 3.06. The standard InChI is InChI=1S/C12H10F5O6P/c13-6-7(14)9(16)11(10(17)8(6)15)24(22,23)3-4(12(20)21)1-2-5(18)19/h4H,1-3H2,(H,18,19)(H,20,21)(H,22,23). The average molecular weight is 376 g/mol. The van der Waals surface area contributed by atoms with E-state index in [0.717, 1.165) is 0 Å². The molecular formula is C12H10F5O6P. The number of carbonyl (C=O) groups is 2. The molecule has 1 rings (SSSR count). The van der Waals surface area contributed by atoms with Gasteiger partial charge in [-0.2, -0.15) is 0 Å². The zero-order valence-electron chi connectivity index (χ0n) is 11.6. The summed E-state index contributed by atoms with van der Waals surface area (Å²) in [5, 5.41) is 15.3. The van der Waals surface area contributed by atoms with Crippen LogP contribution in [0.25, 0.3) is 0 Å². The lowest BCUT2D eigenvalue weighted by molar-refractivity contribution is -0.142. The van der Waals surface area contributed by atoms with Gasteiger partial charge in [0.15, 0.2) is 23.3 Å². The Bertz CT molecular complexity index is 708. The minimum atomic E-state index is -5.33. The summed E-state index contributed by atoms with van der Waals surface area (Å²) in [6.07, 6.45) is -2.81. The normalized spacial score (nSPS) is 14.9. The van der Waals surface area contributed by atoms with Crippen LogP contribution in [0.1, 0.15) is 12.8 Å². The van der Waals surface area contributed by atoms with Gasteiger partial charge in [-0.3, -0.25) is 14.2 Å². The molecule has 134 valence electrons. The highest BCUT2D eigenvalue weighted by molar-refractivity contribution is 7.66. The average Bonchev–Trinajstić information content (AvgIpc) is 2.46. The number of hydrogen-bond acceptors (Lipinski definition) is 3. The monoisotopic (exact) mass is 376 g/mol. The van der Waals surface area contributed by atoms with Gasteiger partial charge in [-0.25, -0.2) is 22.0 Å². The fourth-order valence-corrected chi connectivity index (χ4v) is 3.81. The summed E-state index contributed by atoms with van der Waals surface area (Å²) >= 11 is 0. The van der Waals surface area contributed by atoms with Crippen LogP contribution in [0, 0.1) is 35.0 Å². The number of halogens is 5. The van der Waals surface area contributed by atoms with E-state index in [1.807, 2.05) is 0 Å². The van der Waals surface area contributed by atoms with Gasteiger partial charge >= 0.3 is 11.9 Å². The van der Waals surface area contributed by atoms with Crippen LogP contribution in [0.3, 0.4) is 0 Å². The molecule has 24 heavy (non-hydrogen) atoms. The highest BCUT2D eigenvalue weighted by Crippen LogP contribution is 2.45. The van der Waals surface area contributed by atoms with E-state index in [-0.39, 0.29) is 0 Å². The van der Waals surface area contributed by atoms with Crippen molar-refractivity contribution in [1.82, 2.24) is 0 Å². The first kappa shape index (κ1) is 20.0. The molecule has 1 aromatic carbocycles. The predicted molar refractivity (Wildman–Crippen MR) is 68.6 cm³/mol. The molecular weight excluding hydrogens is 366 g/mol. The second kappa shape index (κ2) is 7.27. The largest absolute Gasteiger partial charge is 0.481 e. The Morgan fingerprint density at radius 2 is 1.33 bits per heavy atom. The first-order valence-corrected chi connectivity index (χ1v) is 8.03. The highest BCUT2D eigenvalue weighted by Gasteiger charge is 2.39. The van der Waals surface area contributed by atoms with E-state index in [4.69, 9.17) is 10.2 Å². The van der Waals surface area contributed by atoms with Gasteiger partial charge in [-0.1, -0.05) is 0 Å². The van der Waals surface area contributed by atoms with Crippen molar-refractivity contribution in [2.45, 2.75) is 12.8 Å². The quantitative estimate of drug-likeness (QED) is 0.290. The zero-order chi connectivity index (χ0) is 18.8. The molecule has 0 aliphatic carbocycles. The van der Waals surface area contributed by atoms with Gasteiger partial charge in [0, 0.05) is 12.6 Å². The molecule has 0 radical (unpaired) electrons. The van der Waals surface area contributed by atoms with E-state index in [1.54, 1.807) is 0 Å². The molecule has 0 spiro atoms. The lowest BCUT2D eigenvalue weighted by atomic mass is 10.1. The van der Waals surface area contributed by atoms with Crippen molar-refractivity contribution in [2.24, 2.45) is 5.92 Å². The molecule has 0 bridgehead atoms. The van der Waals surface area contributed by atoms with Crippen molar-refractivity contribution in [3.63, 3.8) is 0 Å². The van der Waals surface area contributed by atoms with E-state index < -0.39 is 78.6 Å². The Labute approximate surface area is 131 Å². The van der Waals surface area contributed by atoms with Gasteiger partial charge < -0.3 is 15.1 Å². The van der Waals surface area contributed by atoms with Crippen LogP contribution in [0.15, 0.2) is 0 Å². The smallest absolute Gasteiger partial charge is 0.307 e. The number of rotatable bonds is 7. The second-order valence-electron chi connectivity index (χ2n) is 4.77. The highest BCUT2D eigenvalue weighted by atomic mass is 31.2. The van der Waals surface area contributed by atoms with Gasteiger partial charge in [-0.05, 0) is 6.42 Å². The molecule has 6 nitrogen and oxygen atoms in total. The van der Waals surface area contributed by atoms with Gasteiger partial charge in [0.05, 0.1) is 5.92 Å². The van der Waals surface area contributed by atoms with Crippen LogP contribution in [0.2, 0.25) is 0 Å². The fraction of sp³-hybridized carbons (Fsp3) is 0.333.